The van der Waals surface area contributed by atoms with Crippen LogP contribution in [0.5, 0.6) is 11.5 Å². The second kappa shape index (κ2) is 8.53. The molecule has 4 heteroatoms. The van der Waals surface area contributed by atoms with E-state index in [9.17, 15) is 0 Å². The molecule has 1 aliphatic heterocycles. The van der Waals surface area contributed by atoms with Crippen LogP contribution in [0.25, 0.3) is 10.8 Å². The van der Waals surface area contributed by atoms with Crippen LogP contribution in [-0.4, -0.2) is 33.9 Å². The molecule has 3 aromatic carbocycles. The topological polar surface area (TPSA) is 33.7 Å². The molecule has 0 saturated carbocycles. The van der Waals surface area contributed by atoms with Crippen LogP contribution in [0.2, 0.25) is 0 Å². The Morgan fingerprint density at radius 2 is 1.89 bits per heavy atom. The van der Waals surface area contributed by atoms with Crippen molar-refractivity contribution < 1.29 is 9.47 Å². The Balaban J connectivity index is 1.38. The number of hydrogen-bond donors (Lipinski definition) is 1. The highest BCUT2D eigenvalue weighted by Gasteiger charge is 2.22. The molecule has 1 fully saturated rings. The molecule has 4 rings (SSSR count). The van der Waals surface area contributed by atoms with Crippen molar-refractivity contribution in [2.75, 3.05) is 38.8 Å². The van der Waals surface area contributed by atoms with Crippen LogP contribution in [0.4, 0.5) is 5.69 Å². The van der Waals surface area contributed by atoms with Crippen LogP contribution in [0.1, 0.15) is 12.0 Å². The average Bonchev–Trinajstić information content (AvgIpc) is 3.23. The highest BCUT2D eigenvalue weighted by atomic mass is 16.5. The van der Waals surface area contributed by atoms with Crippen molar-refractivity contribution >= 4 is 16.5 Å². The second-order valence-electron chi connectivity index (χ2n) is 7.40. The van der Waals surface area contributed by atoms with Gasteiger partial charge in [-0.3, -0.25) is 0 Å². The van der Waals surface area contributed by atoms with Crippen molar-refractivity contribution in [2.45, 2.75) is 13.0 Å². The Kier molecular flexibility index (Phi) is 5.68. The molecule has 1 heterocycles. The van der Waals surface area contributed by atoms with Gasteiger partial charge in [0.2, 0.25) is 0 Å². The Bertz CT molecular complexity index is 941. The number of rotatable bonds is 7. The summed E-state index contributed by atoms with van der Waals surface area (Å²) < 4.78 is 11.0. The number of benzene rings is 3. The van der Waals surface area contributed by atoms with Crippen LogP contribution in [0, 0.1) is 5.92 Å². The first-order valence-electron chi connectivity index (χ1n) is 9.93. The Morgan fingerprint density at radius 3 is 2.75 bits per heavy atom. The first kappa shape index (κ1) is 18.6. The third kappa shape index (κ3) is 3.92. The van der Waals surface area contributed by atoms with Gasteiger partial charge in [0.1, 0.15) is 11.5 Å². The Hall–Kier alpha value is -2.72. The summed E-state index contributed by atoms with van der Waals surface area (Å²) in [5, 5.41) is 6.19. The first-order chi connectivity index (χ1) is 13.8. The molecule has 0 radical (unpaired) electrons. The normalized spacial score (nSPS) is 16.5. The molecule has 1 aliphatic rings. The highest BCUT2D eigenvalue weighted by molar-refractivity contribution is 5.87. The second-order valence-corrected chi connectivity index (χ2v) is 7.40. The van der Waals surface area contributed by atoms with E-state index in [0.29, 0.717) is 5.92 Å². The van der Waals surface area contributed by atoms with E-state index in [4.69, 9.17) is 9.47 Å². The van der Waals surface area contributed by atoms with E-state index < -0.39 is 0 Å². The van der Waals surface area contributed by atoms with Gasteiger partial charge >= 0.3 is 0 Å². The molecule has 0 unspecified atom stereocenters. The van der Waals surface area contributed by atoms with Crippen molar-refractivity contribution in [1.29, 1.82) is 0 Å². The minimum Gasteiger partial charge on any atom is -0.497 e. The smallest absolute Gasteiger partial charge is 0.123 e. The maximum atomic E-state index is 5.61. The van der Waals surface area contributed by atoms with Gasteiger partial charge in [0.15, 0.2) is 0 Å². The predicted octanol–water partition coefficient (Wildman–Crippen LogP) is 4.47. The molecule has 0 spiro atoms. The van der Waals surface area contributed by atoms with Crippen molar-refractivity contribution in [3.8, 4) is 11.5 Å². The van der Waals surface area contributed by atoms with E-state index in [0.717, 1.165) is 37.7 Å². The van der Waals surface area contributed by atoms with Gasteiger partial charge in [-0.2, -0.15) is 0 Å². The first-order valence-corrected chi connectivity index (χ1v) is 9.93. The molecule has 3 aromatic rings. The molecule has 1 saturated heterocycles. The van der Waals surface area contributed by atoms with E-state index in [-0.39, 0.29) is 0 Å². The van der Waals surface area contributed by atoms with Crippen LogP contribution in [-0.2, 0) is 6.54 Å². The van der Waals surface area contributed by atoms with Crippen molar-refractivity contribution in [2.24, 2.45) is 5.92 Å². The zero-order valence-corrected chi connectivity index (χ0v) is 16.7. The Morgan fingerprint density at radius 1 is 1.00 bits per heavy atom. The summed E-state index contributed by atoms with van der Waals surface area (Å²) in [5.41, 5.74) is 2.49. The summed E-state index contributed by atoms with van der Waals surface area (Å²) >= 11 is 0. The molecule has 1 atom stereocenters. The van der Waals surface area contributed by atoms with E-state index >= 15 is 0 Å². The van der Waals surface area contributed by atoms with Gasteiger partial charge in [-0.25, -0.2) is 0 Å². The summed E-state index contributed by atoms with van der Waals surface area (Å²) in [5.74, 6) is 2.52. The summed E-state index contributed by atoms with van der Waals surface area (Å²) in [7, 11) is 3.47. The lowest BCUT2D eigenvalue weighted by Gasteiger charge is -2.20. The van der Waals surface area contributed by atoms with Crippen molar-refractivity contribution in [3.05, 3.63) is 66.2 Å². The average molecular weight is 377 g/mol. The minimum atomic E-state index is 0.646. The number of nitrogens with one attached hydrogen (secondary N) is 1. The van der Waals surface area contributed by atoms with Gasteiger partial charge in [-0.05, 0) is 41.3 Å². The van der Waals surface area contributed by atoms with E-state index in [1.54, 1.807) is 14.2 Å². The zero-order valence-electron chi connectivity index (χ0n) is 16.7. The molecule has 0 aromatic heterocycles. The quantitative estimate of drug-likeness (QED) is 0.659. The third-order valence-corrected chi connectivity index (χ3v) is 5.66. The summed E-state index contributed by atoms with van der Waals surface area (Å²) in [6.07, 6.45) is 1.21. The third-order valence-electron chi connectivity index (χ3n) is 5.66. The molecular formula is C24H28N2O2. The molecule has 146 valence electrons. The fourth-order valence-electron chi connectivity index (χ4n) is 4.13. The minimum absolute atomic E-state index is 0.646. The van der Waals surface area contributed by atoms with Gasteiger partial charge in [-0.15, -0.1) is 0 Å². The van der Waals surface area contributed by atoms with Gasteiger partial charge < -0.3 is 19.7 Å². The number of hydrogen-bond acceptors (Lipinski definition) is 4. The summed E-state index contributed by atoms with van der Waals surface area (Å²) in [4.78, 5) is 2.45. The zero-order chi connectivity index (χ0) is 19.3. The molecule has 0 bridgehead atoms. The predicted molar refractivity (Wildman–Crippen MR) is 116 cm³/mol. The Labute approximate surface area is 167 Å². The van der Waals surface area contributed by atoms with Crippen LogP contribution < -0.4 is 19.7 Å². The van der Waals surface area contributed by atoms with Crippen LogP contribution in [0.3, 0.4) is 0 Å². The molecular weight excluding hydrogens is 348 g/mol. The highest BCUT2D eigenvalue weighted by Crippen LogP contribution is 2.29. The van der Waals surface area contributed by atoms with E-state index in [1.807, 2.05) is 6.07 Å². The lowest BCUT2D eigenvalue weighted by atomic mass is 10.0. The number of ether oxygens (including phenoxy) is 2. The summed E-state index contributed by atoms with van der Waals surface area (Å²) in [6, 6.07) is 21.0. The van der Waals surface area contributed by atoms with E-state index in [1.165, 1.54) is 28.4 Å². The van der Waals surface area contributed by atoms with Crippen LogP contribution >= 0.6 is 0 Å². The maximum absolute atomic E-state index is 5.61. The molecule has 0 amide bonds. The maximum Gasteiger partial charge on any atom is 0.123 e. The summed E-state index contributed by atoms with van der Waals surface area (Å²) in [6.45, 7) is 4.00. The molecule has 28 heavy (non-hydrogen) atoms. The SMILES string of the molecule is COc1cccc(N2CC[C@H](CNCc3c(OC)ccc4ccccc34)C2)c1. The van der Waals surface area contributed by atoms with Crippen molar-refractivity contribution in [1.82, 2.24) is 5.32 Å². The molecule has 4 nitrogen and oxygen atoms in total. The fraction of sp³-hybridized carbons (Fsp3) is 0.333. The lowest BCUT2D eigenvalue weighted by Crippen LogP contribution is -2.26. The number of nitrogens with zero attached hydrogens (tertiary/aromatic N) is 1. The van der Waals surface area contributed by atoms with Gasteiger partial charge in [-0.1, -0.05) is 36.4 Å². The monoisotopic (exact) mass is 376 g/mol. The number of anilines is 1. The van der Waals surface area contributed by atoms with Gasteiger partial charge in [0, 0.05) is 43.5 Å². The number of fused-ring (bicyclic) bond motifs is 1. The van der Waals surface area contributed by atoms with Gasteiger partial charge in [0.05, 0.1) is 14.2 Å². The van der Waals surface area contributed by atoms with Gasteiger partial charge in [0.25, 0.3) is 0 Å². The standard InChI is InChI=1S/C24H28N2O2/c1-27-21-8-5-7-20(14-21)26-13-12-18(17-26)15-25-16-23-22-9-4-3-6-19(22)10-11-24(23)28-2/h3-11,14,18,25H,12-13,15-17H2,1-2H3/t18-/m1/s1. The van der Waals surface area contributed by atoms with E-state index in [2.05, 4.69) is 64.8 Å². The van der Waals surface area contributed by atoms with Crippen LogP contribution in [0.15, 0.2) is 60.7 Å². The lowest BCUT2D eigenvalue weighted by molar-refractivity contribution is 0.407. The molecule has 1 N–H and O–H groups in total. The number of methoxy groups -OCH3 is 2. The fourth-order valence-corrected chi connectivity index (χ4v) is 4.13. The largest absolute Gasteiger partial charge is 0.497 e. The molecule has 0 aliphatic carbocycles. The van der Waals surface area contributed by atoms with Crippen molar-refractivity contribution in [3.63, 3.8) is 0 Å².